The number of carbonyl (C=O) groups is 2. The maximum absolute atomic E-state index is 13.6. The van der Waals surface area contributed by atoms with Gasteiger partial charge in [0.15, 0.2) is 23.9 Å². The van der Waals surface area contributed by atoms with E-state index in [1.54, 1.807) is 24.5 Å². The number of esters is 2. The molecule has 4 aromatic rings. The van der Waals surface area contributed by atoms with Crippen molar-refractivity contribution in [3.05, 3.63) is 123 Å². The van der Waals surface area contributed by atoms with Crippen LogP contribution in [-0.2, 0) is 38.4 Å². The number of nitrogens with one attached hydrogen (secondary N) is 2. The number of hydrogen-bond donors (Lipinski definition) is 1. The van der Waals surface area contributed by atoms with E-state index in [-0.39, 0.29) is 36.4 Å². The molecular weight excluding hydrogens is 751 g/mol. The van der Waals surface area contributed by atoms with Crippen molar-refractivity contribution in [3.8, 4) is 11.5 Å². The predicted molar refractivity (Wildman–Crippen MR) is 202 cm³/mol. The van der Waals surface area contributed by atoms with Crippen molar-refractivity contribution >= 4 is 35.1 Å². The molecule has 0 radical (unpaired) electrons. The second-order valence-corrected chi connectivity index (χ2v) is 15.3. The standard InChI is InChI=1S/C42H43Cl2F2N3O6/c43-33-22-47-23-34(44)32(33)20-36(31-12-13-35(55-42(45)46)37(19-31)52-25-28-10-11-28)53-39(50)18-26-6-8-27(9-7-26)21-48-40(30-4-2-1-3-5-30)41(51)54-38-24-49-16-14-29(38)15-17-49/h1-9,12-13,19,22-23,28-29,36,38,40,42,48H,10-11,14-18,20-21,24-25H2/p+1/t36-,38-,40?/m0/s1. The predicted octanol–water partition coefficient (Wildman–Crippen LogP) is 7.74. The number of aromatic nitrogens is 1. The number of fused-ring (bicyclic) bond motifs is 3. The van der Waals surface area contributed by atoms with E-state index < -0.39 is 24.7 Å². The summed E-state index contributed by atoms with van der Waals surface area (Å²) in [5, 5.41) is 4.09. The number of H-pyrrole nitrogens is 1. The van der Waals surface area contributed by atoms with E-state index in [0.717, 1.165) is 56.4 Å². The summed E-state index contributed by atoms with van der Waals surface area (Å²) < 4.78 is 49.2. The summed E-state index contributed by atoms with van der Waals surface area (Å²) in [7, 11) is 0. The highest BCUT2D eigenvalue weighted by Gasteiger charge is 2.38. The molecule has 3 atom stereocenters. The molecule has 2 N–H and O–H groups in total. The summed E-state index contributed by atoms with van der Waals surface area (Å²) in [6, 6.07) is 20.9. The molecule has 3 saturated heterocycles. The van der Waals surface area contributed by atoms with Gasteiger partial charge in [-0.25, -0.2) is 9.78 Å². The molecule has 1 aromatic heterocycles. The summed E-state index contributed by atoms with van der Waals surface area (Å²) >= 11 is 13.0. The second-order valence-electron chi connectivity index (χ2n) is 14.5. The van der Waals surface area contributed by atoms with Crippen LogP contribution in [0.5, 0.6) is 11.5 Å². The molecule has 290 valence electrons. The number of rotatable bonds is 17. The third-order valence-electron chi connectivity index (χ3n) is 10.5. The Hall–Kier alpha value is -4.29. The number of carbonyl (C=O) groups excluding carboxylic acids is 2. The van der Waals surface area contributed by atoms with Crippen LogP contribution in [0.15, 0.2) is 85.2 Å². The molecule has 3 aromatic carbocycles. The van der Waals surface area contributed by atoms with Crippen LogP contribution in [0.25, 0.3) is 0 Å². The number of hydrogen-bond acceptors (Lipinski definition) is 8. The fourth-order valence-electron chi connectivity index (χ4n) is 7.21. The Kier molecular flexibility index (Phi) is 12.8. The fraction of sp³-hybridized carbons (Fsp3) is 0.405. The van der Waals surface area contributed by atoms with Crippen LogP contribution in [0.1, 0.15) is 65.6 Å². The molecule has 8 rings (SSSR count). The molecule has 0 spiro atoms. The minimum Gasteiger partial charge on any atom is -0.489 e. The summed E-state index contributed by atoms with van der Waals surface area (Å²) in [4.78, 5) is 32.3. The Bertz CT molecular complexity index is 1910. The Balaban J connectivity index is 1.02. The lowest BCUT2D eigenvalue weighted by Gasteiger charge is -2.44. The molecule has 4 fully saturated rings. The van der Waals surface area contributed by atoms with Gasteiger partial charge < -0.3 is 18.9 Å². The highest BCUT2D eigenvalue weighted by Crippen LogP contribution is 2.38. The van der Waals surface area contributed by atoms with Crippen molar-refractivity contribution in [1.29, 1.82) is 0 Å². The Labute approximate surface area is 329 Å². The van der Waals surface area contributed by atoms with Gasteiger partial charge in [-0.05, 0) is 85.0 Å². The molecule has 4 aliphatic rings. The molecule has 1 saturated carbocycles. The normalized spacial score (nSPS) is 20.1. The third kappa shape index (κ3) is 10.5. The number of benzene rings is 3. The smallest absolute Gasteiger partial charge is 0.387 e. The molecule has 9 nitrogen and oxygen atoms in total. The van der Waals surface area contributed by atoms with Crippen molar-refractivity contribution < 1.29 is 42.3 Å². The zero-order chi connectivity index (χ0) is 38.3. The highest BCUT2D eigenvalue weighted by molar-refractivity contribution is 6.35. The van der Waals surface area contributed by atoms with Gasteiger partial charge in [0.05, 0.1) is 13.0 Å². The van der Waals surface area contributed by atoms with E-state index in [1.165, 1.54) is 6.07 Å². The lowest BCUT2D eigenvalue weighted by Crippen LogP contribution is -2.52. The number of alkyl halides is 2. The van der Waals surface area contributed by atoms with E-state index in [1.807, 2.05) is 54.6 Å². The second kappa shape index (κ2) is 18.1. The minimum atomic E-state index is -3.04. The zero-order valence-electron chi connectivity index (χ0n) is 30.2. The van der Waals surface area contributed by atoms with Crippen LogP contribution in [-0.4, -0.2) is 55.8 Å². The van der Waals surface area contributed by atoms with Crippen LogP contribution in [0.2, 0.25) is 10.0 Å². The number of ether oxygens (including phenoxy) is 4. The van der Waals surface area contributed by atoms with Gasteiger partial charge in [-0.3, -0.25) is 15.0 Å². The lowest BCUT2D eigenvalue weighted by molar-refractivity contribution is -0.377. The monoisotopic (exact) mass is 794 g/mol. The van der Waals surface area contributed by atoms with Gasteiger partial charge in [-0.1, -0.05) is 83.9 Å². The van der Waals surface area contributed by atoms with Gasteiger partial charge in [0, 0.05) is 25.1 Å². The summed E-state index contributed by atoms with van der Waals surface area (Å²) in [5.41, 5.74) is 3.51. The molecule has 1 aliphatic carbocycles. The summed E-state index contributed by atoms with van der Waals surface area (Å²) in [5.74, 6) is -0.00458. The van der Waals surface area contributed by atoms with Gasteiger partial charge in [0.2, 0.25) is 0 Å². The van der Waals surface area contributed by atoms with Crippen molar-refractivity contribution in [2.75, 3.05) is 26.2 Å². The molecular formula is C42H44Cl2F2N3O6+. The summed E-state index contributed by atoms with van der Waals surface area (Å²) in [6.07, 6.45) is 6.37. The van der Waals surface area contributed by atoms with Gasteiger partial charge >= 0.3 is 18.6 Å². The number of nitrogens with zero attached hydrogens (tertiary/aromatic N) is 1. The van der Waals surface area contributed by atoms with Crippen molar-refractivity contribution in [2.45, 2.75) is 69.9 Å². The van der Waals surface area contributed by atoms with Crippen molar-refractivity contribution in [1.82, 2.24) is 10.2 Å². The highest BCUT2D eigenvalue weighted by atomic mass is 35.5. The SMILES string of the molecule is O=C(Cc1ccc(CNC(C(=O)O[C@H]2CN3CCC2CC3)c2ccccc2)cc1)O[C@@H](Cc1c(Cl)c[nH+]cc1Cl)c1ccc(OC(F)F)c(OCC2CC2)c1. The van der Waals surface area contributed by atoms with E-state index >= 15 is 0 Å². The fourth-order valence-corrected chi connectivity index (χ4v) is 7.75. The first kappa shape index (κ1) is 39.0. The van der Waals surface area contributed by atoms with Gasteiger partial charge in [0.1, 0.15) is 28.3 Å². The van der Waals surface area contributed by atoms with Crippen molar-refractivity contribution in [2.24, 2.45) is 11.8 Å². The van der Waals surface area contributed by atoms with Crippen LogP contribution < -0.4 is 19.8 Å². The molecule has 3 aliphatic heterocycles. The number of halogens is 4. The molecule has 4 heterocycles. The largest absolute Gasteiger partial charge is 0.489 e. The van der Waals surface area contributed by atoms with Crippen LogP contribution in [0.4, 0.5) is 8.78 Å². The van der Waals surface area contributed by atoms with E-state index in [0.29, 0.717) is 51.7 Å². The van der Waals surface area contributed by atoms with E-state index in [9.17, 15) is 18.4 Å². The number of aromatic amines is 1. The van der Waals surface area contributed by atoms with E-state index in [4.69, 9.17) is 42.1 Å². The van der Waals surface area contributed by atoms with Crippen LogP contribution in [0, 0.1) is 11.8 Å². The van der Waals surface area contributed by atoms with Crippen molar-refractivity contribution in [3.63, 3.8) is 0 Å². The van der Waals surface area contributed by atoms with Crippen LogP contribution >= 0.6 is 23.2 Å². The number of pyridine rings is 1. The van der Waals surface area contributed by atoms with Crippen LogP contribution in [0.3, 0.4) is 0 Å². The Morgan fingerprint density at radius 2 is 1.58 bits per heavy atom. The molecule has 13 heteroatoms. The Morgan fingerprint density at radius 1 is 0.873 bits per heavy atom. The van der Waals surface area contributed by atoms with Gasteiger partial charge in [-0.15, -0.1) is 0 Å². The molecule has 1 unspecified atom stereocenters. The number of piperidine rings is 3. The average molecular weight is 796 g/mol. The quantitative estimate of drug-likeness (QED) is 0.109. The first-order valence-electron chi connectivity index (χ1n) is 18.7. The van der Waals surface area contributed by atoms with Gasteiger partial charge in [0.25, 0.3) is 0 Å². The Morgan fingerprint density at radius 3 is 2.24 bits per heavy atom. The molecule has 2 bridgehead atoms. The zero-order valence-corrected chi connectivity index (χ0v) is 31.7. The lowest BCUT2D eigenvalue weighted by atomic mass is 9.86. The first-order valence-corrected chi connectivity index (χ1v) is 19.5. The third-order valence-corrected chi connectivity index (χ3v) is 11.2. The maximum atomic E-state index is 13.6. The maximum Gasteiger partial charge on any atom is 0.387 e. The average Bonchev–Trinajstić information content (AvgIpc) is 4.02. The summed E-state index contributed by atoms with van der Waals surface area (Å²) in [6.45, 7) is 0.638. The molecule has 55 heavy (non-hydrogen) atoms. The van der Waals surface area contributed by atoms with E-state index in [2.05, 4.69) is 15.2 Å². The first-order chi connectivity index (χ1) is 26.7. The van der Waals surface area contributed by atoms with Gasteiger partial charge in [-0.2, -0.15) is 8.78 Å². The minimum absolute atomic E-state index is 0.0373. The molecule has 0 amide bonds. The topological polar surface area (TPSA) is 100 Å².